The van der Waals surface area contributed by atoms with Crippen LogP contribution in [0, 0.1) is 10.1 Å². The fourth-order valence-electron chi connectivity index (χ4n) is 2.23. The molecule has 96 valence electrons. The number of nitrogens with zero attached hydrogens (tertiary/aromatic N) is 1. The second-order valence-corrected chi connectivity index (χ2v) is 4.42. The molecule has 1 fully saturated rings. The van der Waals surface area contributed by atoms with Gasteiger partial charge in [-0.1, -0.05) is 12.8 Å². The van der Waals surface area contributed by atoms with Gasteiger partial charge < -0.3 is 10.4 Å². The lowest BCUT2D eigenvalue weighted by molar-refractivity contribution is -0.384. The zero-order valence-corrected chi connectivity index (χ0v) is 9.76. The number of nitro groups is 1. The molecule has 0 aromatic heterocycles. The van der Waals surface area contributed by atoms with E-state index in [4.69, 9.17) is 5.11 Å². The molecule has 1 aliphatic rings. The molecule has 1 aromatic rings. The third kappa shape index (κ3) is 2.58. The van der Waals surface area contributed by atoms with Gasteiger partial charge in [0.15, 0.2) is 0 Å². The van der Waals surface area contributed by atoms with Crippen LogP contribution in [0.1, 0.15) is 36.0 Å². The molecule has 0 radical (unpaired) electrons. The molecule has 0 bridgehead atoms. The second kappa shape index (κ2) is 5.03. The van der Waals surface area contributed by atoms with Crippen molar-refractivity contribution in [3.8, 4) is 0 Å². The molecule has 2 rings (SSSR count). The summed E-state index contributed by atoms with van der Waals surface area (Å²) in [5.41, 5.74) is 0.150. The molecule has 1 saturated carbocycles. The normalized spacial score (nSPS) is 15.6. The van der Waals surface area contributed by atoms with Gasteiger partial charge in [-0.25, -0.2) is 4.79 Å². The molecule has 0 amide bonds. The molecule has 1 aliphatic carbocycles. The first-order valence-electron chi connectivity index (χ1n) is 5.86. The van der Waals surface area contributed by atoms with Crippen LogP contribution < -0.4 is 5.32 Å². The fourth-order valence-corrected chi connectivity index (χ4v) is 2.23. The van der Waals surface area contributed by atoms with Crippen molar-refractivity contribution in [1.82, 2.24) is 0 Å². The lowest BCUT2D eigenvalue weighted by atomic mass is 10.1. The van der Waals surface area contributed by atoms with Gasteiger partial charge in [0.1, 0.15) is 5.69 Å². The van der Waals surface area contributed by atoms with Crippen LogP contribution in [0.5, 0.6) is 0 Å². The maximum Gasteiger partial charge on any atom is 0.335 e. The summed E-state index contributed by atoms with van der Waals surface area (Å²) >= 11 is 0. The van der Waals surface area contributed by atoms with Crippen molar-refractivity contribution >= 4 is 17.3 Å². The smallest absolute Gasteiger partial charge is 0.335 e. The Hall–Kier alpha value is -2.11. The predicted octanol–water partition coefficient (Wildman–Crippen LogP) is 2.65. The summed E-state index contributed by atoms with van der Waals surface area (Å²) in [5, 5.41) is 22.9. The Balaban J connectivity index is 2.28. The Labute approximate surface area is 104 Å². The van der Waals surface area contributed by atoms with Gasteiger partial charge in [-0.3, -0.25) is 10.1 Å². The fraction of sp³-hybridized carbons (Fsp3) is 0.417. The Morgan fingerprint density at radius 2 is 2.06 bits per heavy atom. The van der Waals surface area contributed by atoms with E-state index in [1.165, 1.54) is 12.1 Å². The minimum absolute atomic E-state index is 0.0707. The van der Waals surface area contributed by atoms with E-state index in [2.05, 4.69) is 5.32 Å². The molecule has 0 atom stereocenters. The van der Waals surface area contributed by atoms with E-state index in [-0.39, 0.29) is 17.3 Å². The van der Waals surface area contributed by atoms with Gasteiger partial charge in [0, 0.05) is 12.1 Å². The number of anilines is 1. The van der Waals surface area contributed by atoms with Crippen molar-refractivity contribution < 1.29 is 14.8 Å². The van der Waals surface area contributed by atoms with Crippen LogP contribution >= 0.6 is 0 Å². The third-order valence-electron chi connectivity index (χ3n) is 3.16. The molecule has 0 heterocycles. The Kier molecular flexibility index (Phi) is 3.45. The number of rotatable bonds is 4. The molecule has 0 aliphatic heterocycles. The number of carboxylic acid groups (broad SMARTS) is 1. The van der Waals surface area contributed by atoms with Gasteiger partial charge in [0.25, 0.3) is 5.69 Å². The van der Waals surface area contributed by atoms with Gasteiger partial charge >= 0.3 is 5.97 Å². The molecule has 18 heavy (non-hydrogen) atoms. The van der Waals surface area contributed by atoms with E-state index < -0.39 is 10.9 Å². The molecular weight excluding hydrogens is 236 g/mol. The highest BCUT2D eigenvalue weighted by molar-refractivity contribution is 5.89. The van der Waals surface area contributed by atoms with Crippen LogP contribution in [0.3, 0.4) is 0 Å². The van der Waals surface area contributed by atoms with E-state index in [0.717, 1.165) is 31.7 Å². The summed E-state index contributed by atoms with van der Waals surface area (Å²) in [6.07, 6.45) is 4.24. The monoisotopic (exact) mass is 250 g/mol. The van der Waals surface area contributed by atoms with Crippen molar-refractivity contribution in [1.29, 1.82) is 0 Å². The summed E-state index contributed by atoms with van der Waals surface area (Å²) in [4.78, 5) is 21.2. The summed E-state index contributed by atoms with van der Waals surface area (Å²) in [6, 6.07) is 4.20. The molecule has 0 unspecified atom stereocenters. The van der Waals surface area contributed by atoms with Crippen LogP contribution in [0.4, 0.5) is 11.4 Å². The standard InChI is InChI=1S/C12H14N2O4/c15-12(16)8-5-6-10(11(7-8)14(17)18)13-9-3-1-2-4-9/h5-7,9,13H,1-4H2,(H,15,16). The molecule has 6 heteroatoms. The zero-order valence-electron chi connectivity index (χ0n) is 9.76. The summed E-state index contributed by atoms with van der Waals surface area (Å²) in [5.74, 6) is -1.16. The predicted molar refractivity (Wildman–Crippen MR) is 65.9 cm³/mol. The molecule has 6 nitrogen and oxygen atoms in total. The first-order chi connectivity index (χ1) is 8.58. The van der Waals surface area contributed by atoms with Crippen LogP contribution in [-0.4, -0.2) is 22.0 Å². The van der Waals surface area contributed by atoms with Crippen LogP contribution in [-0.2, 0) is 0 Å². The van der Waals surface area contributed by atoms with E-state index in [1.54, 1.807) is 0 Å². The van der Waals surface area contributed by atoms with Gasteiger partial charge in [0.05, 0.1) is 10.5 Å². The maximum atomic E-state index is 10.9. The number of nitro benzene ring substituents is 1. The summed E-state index contributed by atoms with van der Waals surface area (Å²) in [7, 11) is 0. The first-order valence-corrected chi connectivity index (χ1v) is 5.86. The van der Waals surface area contributed by atoms with Crippen molar-refractivity contribution in [3.63, 3.8) is 0 Å². The van der Waals surface area contributed by atoms with Gasteiger partial charge in [-0.15, -0.1) is 0 Å². The molecule has 2 N–H and O–H groups in total. The highest BCUT2D eigenvalue weighted by Crippen LogP contribution is 2.29. The first kappa shape index (κ1) is 12.3. The largest absolute Gasteiger partial charge is 0.478 e. The van der Waals surface area contributed by atoms with Gasteiger partial charge in [-0.05, 0) is 25.0 Å². The van der Waals surface area contributed by atoms with Crippen molar-refractivity contribution in [2.24, 2.45) is 0 Å². The zero-order chi connectivity index (χ0) is 13.1. The van der Waals surface area contributed by atoms with E-state index in [1.807, 2.05) is 0 Å². The number of aromatic carboxylic acids is 1. The SMILES string of the molecule is O=C(O)c1ccc(NC2CCCC2)c([N+](=O)[O-])c1. The highest BCUT2D eigenvalue weighted by Gasteiger charge is 2.21. The lowest BCUT2D eigenvalue weighted by Crippen LogP contribution is -2.15. The summed E-state index contributed by atoms with van der Waals surface area (Å²) < 4.78 is 0. The van der Waals surface area contributed by atoms with E-state index >= 15 is 0 Å². The van der Waals surface area contributed by atoms with E-state index in [0.29, 0.717) is 5.69 Å². The van der Waals surface area contributed by atoms with Crippen molar-refractivity contribution in [2.45, 2.75) is 31.7 Å². The number of carboxylic acids is 1. The average Bonchev–Trinajstić information content (AvgIpc) is 2.81. The number of nitrogens with one attached hydrogen (secondary N) is 1. The second-order valence-electron chi connectivity index (χ2n) is 4.42. The number of hydrogen-bond donors (Lipinski definition) is 2. The quantitative estimate of drug-likeness (QED) is 0.633. The van der Waals surface area contributed by atoms with Crippen molar-refractivity contribution in [3.05, 3.63) is 33.9 Å². The van der Waals surface area contributed by atoms with E-state index in [9.17, 15) is 14.9 Å². The van der Waals surface area contributed by atoms with Gasteiger partial charge in [-0.2, -0.15) is 0 Å². The van der Waals surface area contributed by atoms with Crippen LogP contribution in [0.15, 0.2) is 18.2 Å². The highest BCUT2D eigenvalue weighted by atomic mass is 16.6. The summed E-state index contributed by atoms with van der Waals surface area (Å²) in [6.45, 7) is 0. The molecule has 1 aromatic carbocycles. The maximum absolute atomic E-state index is 10.9. The van der Waals surface area contributed by atoms with Crippen LogP contribution in [0.2, 0.25) is 0 Å². The topological polar surface area (TPSA) is 92.5 Å². The number of hydrogen-bond acceptors (Lipinski definition) is 4. The molecular formula is C12H14N2O4. The van der Waals surface area contributed by atoms with Gasteiger partial charge in [0.2, 0.25) is 0 Å². The lowest BCUT2D eigenvalue weighted by Gasteiger charge is -2.13. The number of carbonyl (C=O) groups is 1. The minimum Gasteiger partial charge on any atom is -0.478 e. The van der Waals surface area contributed by atoms with Crippen molar-refractivity contribution in [2.75, 3.05) is 5.32 Å². The molecule has 0 spiro atoms. The third-order valence-corrected chi connectivity index (χ3v) is 3.16. The number of benzene rings is 1. The Bertz CT molecular complexity index is 481. The average molecular weight is 250 g/mol. The minimum atomic E-state index is -1.16. The van der Waals surface area contributed by atoms with Crippen LogP contribution in [0.25, 0.3) is 0 Å². The Morgan fingerprint density at radius 1 is 1.39 bits per heavy atom. The molecule has 0 saturated heterocycles. The Morgan fingerprint density at radius 3 is 2.61 bits per heavy atom.